The zero-order valence-corrected chi connectivity index (χ0v) is 21.4. The summed E-state index contributed by atoms with van der Waals surface area (Å²) in [6.07, 6.45) is 0. The third kappa shape index (κ3) is 24.5. The summed E-state index contributed by atoms with van der Waals surface area (Å²) >= 11 is -0.106. The van der Waals surface area contributed by atoms with Gasteiger partial charge in [-0.15, -0.1) is 0 Å². The molecular weight excluding hydrogens is 442 g/mol. The van der Waals surface area contributed by atoms with Gasteiger partial charge in [-0.2, -0.15) is 76.9 Å². The Hall–Kier alpha value is 0.462. The number of benzene rings is 1. The molecule has 0 spiro atoms. The molecule has 0 unspecified atom stereocenters. The molecule has 25 heavy (non-hydrogen) atoms. The summed E-state index contributed by atoms with van der Waals surface area (Å²) in [5, 5.41) is 0. The van der Waals surface area contributed by atoms with Crippen LogP contribution in [0.3, 0.4) is 0 Å². The van der Waals surface area contributed by atoms with E-state index in [0.29, 0.717) is 0 Å². The molecule has 0 saturated carbocycles. The Morgan fingerprint density at radius 1 is 0.720 bits per heavy atom. The molecule has 1 rings (SSSR count). The van der Waals surface area contributed by atoms with Crippen LogP contribution in [0.1, 0.15) is 94.2 Å². The third-order valence-corrected chi connectivity index (χ3v) is 2.52. The first-order valence-electron chi connectivity index (χ1n) is 8.47. The van der Waals surface area contributed by atoms with Crippen LogP contribution in [0.5, 0.6) is 0 Å². The van der Waals surface area contributed by atoms with Crippen molar-refractivity contribution in [2.75, 3.05) is 0 Å². The van der Waals surface area contributed by atoms with Gasteiger partial charge in [0.2, 0.25) is 0 Å². The van der Waals surface area contributed by atoms with Crippen LogP contribution >= 0.6 is 19.1 Å². The molecule has 0 amide bonds. The van der Waals surface area contributed by atoms with Crippen molar-refractivity contribution in [2.45, 2.75) is 93.9 Å². The van der Waals surface area contributed by atoms with E-state index in [-0.39, 0.29) is 26.8 Å². The van der Waals surface area contributed by atoms with Gasteiger partial charge in [0.15, 0.2) is 0 Å². The third-order valence-electron chi connectivity index (χ3n) is 2.52. The van der Waals surface area contributed by atoms with E-state index >= 15 is 0 Å². The van der Waals surface area contributed by atoms with Crippen LogP contribution in [0, 0.1) is 17.9 Å². The fraction of sp³-hybridized carbons (Fsp3) is 0.636. The molecule has 1 aromatic carbocycles. The summed E-state index contributed by atoms with van der Waals surface area (Å²) < 4.78 is 0. The molecular formula is C22H39Cl2Pd-3. The molecule has 0 aliphatic carbocycles. The first-order valence-corrected chi connectivity index (χ1v) is 12.5. The van der Waals surface area contributed by atoms with Gasteiger partial charge >= 0.3 is 35.0 Å². The van der Waals surface area contributed by atoms with Crippen molar-refractivity contribution < 1.29 is 15.9 Å². The molecule has 0 aromatic heterocycles. The second kappa shape index (κ2) is 15.5. The van der Waals surface area contributed by atoms with Crippen LogP contribution in [0.25, 0.3) is 0 Å². The molecule has 0 fully saturated rings. The molecule has 3 heteroatoms. The van der Waals surface area contributed by atoms with Crippen molar-refractivity contribution in [3.8, 4) is 0 Å². The van der Waals surface area contributed by atoms with E-state index in [0.717, 1.165) is 0 Å². The molecule has 0 bridgehead atoms. The number of halogens is 2. The first kappa shape index (κ1) is 30.2. The number of rotatable bonds is 0. The van der Waals surface area contributed by atoms with E-state index in [1.807, 2.05) is 0 Å². The van der Waals surface area contributed by atoms with Gasteiger partial charge in [-0.1, -0.05) is 52.4 Å². The molecule has 0 aliphatic rings. The molecule has 0 aliphatic heterocycles. The Balaban J connectivity index is -0.000000363. The van der Waals surface area contributed by atoms with E-state index in [1.54, 1.807) is 0 Å². The second-order valence-electron chi connectivity index (χ2n) is 9.06. The fourth-order valence-corrected chi connectivity index (χ4v) is 1.34. The molecule has 154 valence electrons. The summed E-state index contributed by atoms with van der Waals surface area (Å²) in [4.78, 5) is 0. The van der Waals surface area contributed by atoms with Crippen LogP contribution in [0.15, 0.2) is 18.2 Å². The normalized spacial score (nSPS) is 11.0. The van der Waals surface area contributed by atoms with Gasteiger partial charge in [-0.05, 0) is 0 Å². The van der Waals surface area contributed by atoms with E-state index in [9.17, 15) is 0 Å². The van der Waals surface area contributed by atoms with Crippen LogP contribution in [-0.2, 0) is 26.8 Å². The van der Waals surface area contributed by atoms with E-state index in [2.05, 4.69) is 107 Å². The van der Waals surface area contributed by atoms with Gasteiger partial charge in [0.05, 0.1) is 0 Å². The predicted molar refractivity (Wildman–Crippen MR) is 115 cm³/mol. The van der Waals surface area contributed by atoms with Crippen LogP contribution in [-0.4, -0.2) is 0 Å². The average molecular weight is 481 g/mol. The number of hydrogen-bond acceptors (Lipinski definition) is 0. The van der Waals surface area contributed by atoms with Crippen molar-refractivity contribution >= 4 is 19.1 Å². The average Bonchev–Trinajstić information content (AvgIpc) is 2.36. The Labute approximate surface area is 175 Å². The predicted octanol–water partition coefficient (Wildman–Crippen LogP) is 8.70. The summed E-state index contributed by atoms with van der Waals surface area (Å²) in [5.74, 6) is 2.83. The van der Waals surface area contributed by atoms with E-state index < -0.39 is 0 Å². The van der Waals surface area contributed by atoms with Crippen LogP contribution in [0.4, 0.5) is 0 Å². The van der Waals surface area contributed by atoms with Crippen LogP contribution in [0.2, 0.25) is 0 Å². The van der Waals surface area contributed by atoms with Crippen molar-refractivity contribution in [3.05, 3.63) is 47.2 Å². The molecule has 0 N–H and O–H groups in total. The van der Waals surface area contributed by atoms with Gasteiger partial charge in [-0.25, -0.2) is 0 Å². The maximum absolute atomic E-state index is 4.81. The minimum atomic E-state index is -0.106. The molecule has 1 aromatic rings. The fourth-order valence-electron chi connectivity index (χ4n) is 1.34. The van der Waals surface area contributed by atoms with Gasteiger partial charge in [0.1, 0.15) is 0 Å². The summed E-state index contributed by atoms with van der Waals surface area (Å²) in [7, 11) is 9.63. The standard InChI is InChI=1S/C14H21.2C4H9.2ClH.Pd/c1-13(2,3)11-8-7-9-12(10-11)14(4,5)6;2*1-4(2)3;;;/h8-10H,1-6H3;2*1-3H3;2*1H;/q3*-1;;;+2/p-2. The summed E-state index contributed by atoms with van der Waals surface area (Å²) in [5.41, 5.74) is 3.17. The quantitative estimate of drug-likeness (QED) is 0.257. The molecule has 0 heterocycles. The zero-order chi connectivity index (χ0) is 20.8. The Kier molecular flexibility index (Phi) is 18.7. The molecule has 0 atom stereocenters. The van der Waals surface area contributed by atoms with Gasteiger partial charge < -0.3 is 11.8 Å². The molecule has 0 nitrogen and oxygen atoms in total. The minimum absolute atomic E-state index is 0.106. The van der Waals surface area contributed by atoms with Gasteiger partial charge in [-0.3, -0.25) is 0 Å². The van der Waals surface area contributed by atoms with E-state index in [4.69, 9.17) is 19.1 Å². The topological polar surface area (TPSA) is 0 Å². The van der Waals surface area contributed by atoms with Gasteiger partial charge in [0.25, 0.3) is 0 Å². The first-order chi connectivity index (χ1) is 11.1. The second-order valence-corrected chi connectivity index (χ2v) is 11.4. The van der Waals surface area contributed by atoms with Crippen LogP contribution < -0.4 is 0 Å². The maximum atomic E-state index is 4.81. The number of hydrogen-bond donors (Lipinski definition) is 0. The summed E-state index contributed by atoms with van der Waals surface area (Å²) in [6.45, 7) is 25.9. The Morgan fingerprint density at radius 3 is 1.08 bits per heavy atom. The van der Waals surface area contributed by atoms with Crippen molar-refractivity contribution in [3.63, 3.8) is 0 Å². The Morgan fingerprint density at radius 2 is 0.920 bits per heavy atom. The molecule has 0 radical (unpaired) electrons. The van der Waals surface area contributed by atoms with Crippen molar-refractivity contribution in [2.24, 2.45) is 0 Å². The van der Waals surface area contributed by atoms with Crippen molar-refractivity contribution in [1.82, 2.24) is 0 Å². The van der Waals surface area contributed by atoms with E-state index in [1.165, 1.54) is 23.0 Å². The molecule has 0 saturated heterocycles. The zero-order valence-electron chi connectivity index (χ0n) is 18.3. The SMILES string of the molecule is CC(C)(C)c1c[c-]cc(C(C)(C)C)c1.C[C-](C)C.C[C-](C)C.[Cl][Pd][Cl]. The summed E-state index contributed by atoms with van der Waals surface area (Å²) in [6, 6.07) is 9.73. The van der Waals surface area contributed by atoms with Gasteiger partial charge in [0, 0.05) is 0 Å². The van der Waals surface area contributed by atoms with Crippen molar-refractivity contribution in [1.29, 1.82) is 0 Å². The Bertz CT molecular complexity index is 372. The monoisotopic (exact) mass is 479 g/mol.